The first-order valence-electron chi connectivity index (χ1n) is 4.71. The molecule has 88 valence electrons. The Morgan fingerprint density at radius 1 is 1.53 bits per heavy atom. The van der Waals surface area contributed by atoms with Gasteiger partial charge in [0.05, 0.1) is 19.4 Å². The second-order valence-electron chi connectivity index (χ2n) is 3.42. The Balaban J connectivity index is 2.60. The monoisotopic (exact) mass is 237 g/mol. The molecule has 1 rings (SSSR count). The zero-order valence-electron chi connectivity index (χ0n) is 8.55. The van der Waals surface area contributed by atoms with Crippen LogP contribution in [0.1, 0.15) is 12.8 Å². The third-order valence-corrected chi connectivity index (χ3v) is 4.23. The van der Waals surface area contributed by atoms with Gasteiger partial charge in [-0.25, -0.2) is 13.2 Å². The fourth-order valence-electron chi connectivity index (χ4n) is 1.45. The molecular formula is C8H15NO5S. The third kappa shape index (κ3) is 3.15. The number of esters is 1. The lowest BCUT2D eigenvalue weighted by Crippen LogP contribution is -2.44. The highest BCUT2D eigenvalue weighted by molar-refractivity contribution is 7.89. The van der Waals surface area contributed by atoms with Crippen LogP contribution in [0.5, 0.6) is 0 Å². The van der Waals surface area contributed by atoms with Crippen LogP contribution in [0.2, 0.25) is 0 Å². The summed E-state index contributed by atoms with van der Waals surface area (Å²) in [5.74, 6) is -0.725. The van der Waals surface area contributed by atoms with Crippen LogP contribution in [-0.2, 0) is 19.6 Å². The van der Waals surface area contributed by atoms with Crippen LogP contribution in [-0.4, -0.2) is 55.9 Å². The van der Waals surface area contributed by atoms with E-state index in [9.17, 15) is 18.3 Å². The first-order valence-corrected chi connectivity index (χ1v) is 6.32. The number of carbonyl (C=O) groups is 1. The first kappa shape index (κ1) is 12.4. The van der Waals surface area contributed by atoms with Gasteiger partial charge in [-0.15, -0.1) is 0 Å². The van der Waals surface area contributed by atoms with E-state index in [2.05, 4.69) is 4.74 Å². The molecule has 15 heavy (non-hydrogen) atoms. The average molecular weight is 237 g/mol. The molecule has 1 fully saturated rings. The first-order chi connectivity index (χ1) is 6.97. The van der Waals surface area contributed by atoms with Crippen LogP contribution < -0.4 is 0 Å². The van der Waals surface area contributed by atoms with Crippen LogP contribution in [0.25, 0.3) is 0 Å². The minimum Gasteiger partial charge on any atom is -0.467 e. The van der Waals surface area contributed by atoms with Gasteiger partial charge in [-0.3, -0.25) is 0 Å². The predicted octanol–water partition coefficient (Wildman–Crippen LogP) is -1.05. The summed E-state index contributed by atoms with van der Waals surface area (Å²) in [7, 11) is -2.15. The molecule has 1 heterocycles. The summed E-state index contributed by atoms with van der Waals surface area (Å²) in [5, 5.41) is 9.32. The molecule has 1 atom stereocenters. The largest absolute Gasteiger partial charge is 0.467 e. The summed E-state index contributed by atoms with van der Waals surface area (Å²) in [6, 6.07) is 0. The van der Waals surface area contributed by atoms with E-state index in [1.165, 1.54) is 0 Å². The lowest BCUT2D eigenvalue weighted by atomic mass is 10.3. The van der Waals surface area contributed by atoms with Crippen molar-refractivity contribution in [1.29, 1.82) is 0 Å². The van der Waals surface area contributed by atoms with Gasteiger partial charge >= 0.3 is 5.97 Å². The van der Waals surface area contributed by atoms with Crippen molar-refractivity contribution >= 4 is 16.0 Å². The quantitative estimate of drug-likeness (QED) is 0.633. The highest BCUT2D eigenvalue weighted by Crippen LogP contribution is 2.13. The lowest BCUT2D eigenvalue weighted by Gasteiger charge is -2.27. The second kappa shape index (κ2) is 4.91. The maximum absolute atomic E-state index is 11.5. The number of aliphatic hydroxyl groups is 1. The van der Waals surface area contributed by atoms with E-state index in [0.29, 0.717) is 13.0 Å². The molecule has 0 aliphatic carbocycles. The second-order valence-corrected chi connectivity index (χ2v) is 5.51. The van der Waals surface area contributed by atoms with Crippen molar-refractivity contribution in [2.75, 3.05) is 26.0 Å². The Morgan fingerprint density at radius 2 is 2.20 bits per heavy atom. The summed E-state index contributed by atoms with van der Waals surface area (Å²) in [4.78, 5) is 10.9. The number of sulfonamides is 1. The number of aliphatic hydroxyl groups excluding tert-OH is 1. The molecule has 0 aromatic heterocycles. The maximum Gasteiger partial charge on any atom is 0.336 e. The van der Waals surface area contributed by atoms with Crippen LogP contribution in [0.4, 0.5) is 0 Å². The van der Waals surface area contributed by atoms with Gasteiger partial charge in [-0.2, -0.15) is 4.31 Å². The Labute approximate surface area is 88.9 Å². The Kier molecular flexibility index (Phi) is 4.06. The summed E-state index contributed by atoms with van der Waals surface area (Å²) < 4.78 is 28.4. The minimum absolute atomic E-state index is 0.0842. The summed E-state index contributed by atoms with van der Waals surface area (Å²) in [6.45, 7) is 0.144. The summed E-state index contributed by atoms with van der Waals surface area (Å²) in [6.07, 6.45) is -0.0110. The molecule has 7 heteroatoms. The van der Waals surface area contributed by atoms with Crippen LogP contribution in [0.3, 0.4) is 0 Å². The zero-order valence-corrected chi connectivity index (χ0v) is 9.37. The predicted molar refractivity (Wildman–Crippen MR) is 52.6 cm³/mol. The number of rotatable bonds is 3. The van der Waals surface area contributed by atoms with Crippen LogP contribution in [0, 0.1) is 0 Å². The highest BCUT2D eigenvalue weighted by Gasteiger charge is 2.29. The van der Waals surface area contributed by atoms with E-state index in [1.807, 2.05) is 0 Å². The molecule has 0 aromatic carbocycles. The molecule has 0 saturated carbocycles. The molecular weight excluding hydrogens is 222 g/mol. The van der Waals surface area contributed by atoms with E-state index >= 15 is 0 Å². The van der Waals surface area contributed by atoms with Gasteiger partial charge in [0.15, 0.2) is 6.10 Å². The standard InChI is InChI=1S/C8H15NO5S/c1-14-8(11)7(10)6-9-4-2-3-5-15(9,12)13/h7,10H,2-6H2,1H3. The van der Waals surface area contributed by atoms with E-state index in [0.717, 1.165) is 17.8 Å². The molecule has 1 aliphatic rings. The number of hydrogen-bond acceptors (Lipinski definition) is 5. The fraction of sp³-hybridized carbons (Fsp3) is 0.875. The van der Waals surface area contributed by atoms with Gasteiger partial charge in [0, 0.05) is 6.54 Å². The normalized spacial score (nSPS) is 23.3. The summed E-state index contributed by atoms with van der Waals surface area (Å²) >= 11 is 0. The van der Waals surface area contributed by atoms with E-state index in [1.54, 1.807) is 0 Å². The molecule has 0 radical (unpaired) electrons. The number of nitrogens with zero attached hydrogens (tertiary/aromatic N) is 1. The molecule has 6 nitrogen and oxygen atoms in total. The smallest absolute Gasteiger partial charge is 0.336 e. The SMILES string of the molecule is COC(=O)C(O)CN1CCCCS1(=O)=O. The van der Waals surface area contributed by atoms with Crippen LogP contribution >= 0.6 is 0 Å². The number of methoxy groups -OCH3 is 1. The number of ether oxygens (including phenoxy) is 1. The molecule has 0 spiro atoms. The molecule has 1 N–H and O–H groups in total. The number of carbonyl (C=O) groups excluding carboxylic acids is 1. The van der Waals surface area contributed by atoms with Crippen molar-refractivity contribution in [3.63, 3.8) is 0 Å². The molecule has 0 bridgehead atoms. The van der Waals surface area contributed by atoms with Crippen LogP contribution in [0.15, 0.2) is 0 Å². The van der Waals surface area contributed by atoms with E-state index in [-0.39, 0.29) is 12.3 Å². The molecule has 1 saturated heterocycles. The topological polar surface area (TPSA) is 83.9 Å². The van der Waals surface area contributed by atoms with Gasteiger partial charge in [0.1, 0.15) is 0 Å². The maximum atomic E-state index is 11.5. The summed E-state index contributed by atoms with van der Waals surface area (Å²) in [5.41, 5.74) is 0. The molecule has 0 aromatic rings. The van der Waals surface area contributed by atoms with Gasteiger partial charge in [0.2, 0.25) is 10.0 Å². The minimum atomic E-state index is -3.29. The lowest BCUT2D eigenvalue weighted by molar-refractivity contribution is -0.150. The Morgan fingerprint density at radius 3 is 2.73 bits per heavy atom. The van der Waals surface area contributed by atoms with Gasteiger partial charge in [-0.05, 0) is 12.8 Å². The Hall–Kier alpha value is -0.660. The zero-order chi connectivity index (χ0) is 11.5. The van der Waals surface area contributed by atoms with Crippen molar-refractivity contribution in [2.45, 2.75) is 18.9 Å². The number of β-amino-alcohol motifs (C(OH)–C–C–N with tert-alkyl or cyclic N) is 1. The van der Waals surface area contributed by atoms with Gasteiger partial charge in [0.25, 0.3) is 0 Å². The van der Waals surface area contributed by atoms with Crippen molar-refractivity contribution in [3.05, 3.63) is 0 Å². The van der Waals surface area contributed by atoms with E-state index < -0.39 is 22.1 Å². The van der Waals surface area contributed by atoms with Crippen molar-refractivity contribution in [2.24, 2.45) is 0 Å². The van der Waals surface area contributed by atoms with Gasteiger partial charge < -0.3 is 9.84 Å². The van der Waals surface area contributed by atoms with Crippen molar-refractivity contribution in [3.8, 4) is 0 Å². The van der Waals surface area contributed by atoms with E-state index in [4.69, 9.17) is 0 Å². The van der Waals surface area contributed by atoms with Crippen molar-refractivity contribution < 1.29 is 23.1 Å². The molecule has 1 unspecified atom stereocenters. The molecule has 0 amide bonds. The fourth-order valence-corrected chi connectivity index (χ4v) is 3.05. The van der Waals surface area contributed by atoms with Crippen molar-refractivity contribution in [1.82, 2.24) is 4.31 Å². The molecule has 1 aliphatic heterocycles. The highest BCUT2D eigenvalue weighted by atomic mass is 32.2. The Bertz CT molecular complexity index is 326. The third-order valence-electron chi connectivity index (χ3n) is 2.30. The number of hydrogen-bond donors (Lipinski definition) is 1. The average Bonchev–Trinajstić information content (AvgIpc) is 2.19. The van der Waals surface area contributed by atoms with Gasteiger partial charge in [-0.1, -0.05) is 0 Å².